The minimum absolute atomic E-state index is 0.335. The number of benzene rings is 1. The fraction of sp³-hybridized carbons (Fsp3) is 0.478. The molecular weight excluding hydrogens is 308 g/mol. The molecule has 0 atom stereocenters. The molecule has 1 aromatic carbocycles. The van der Waals surface area contributed by atoms with Crippen molar-refractivity contribution in [3.8, 4) is 5.75 Å². The van der Waals surface area contributed by atoms with Gasteiger partial charge in [0, 0.05) is 6.42 Å². The number of ether oxygens (including phenoxy) is 2. The molecule has 0 aromatic heterocycles. The third-order valence-corrected chi connectivity index (χ3v) is 3.31. The molecule has 1 rings (SSSR count). The number of rotatable bonds is 8. The van der Waals surface area contributed by atoms with E-state index in [1.165, 1.54) is 5.56 Å². The Labute approximate surface area is 155 Å². The molecule has 0 bridgehead atoms. The number of allylic oxidation sites excluding steroid dienone is 4. The molecule has 0 spiro atoms. The summed E-state index contributed by atoms with van der Waals surface area (Å²) in [6, 6.07) is 8.13. The summed E-state index contributed by atoms with van der Waals surface area (Å²) in [6.07, 6.45) is 8.25. The standard InChI is InChI=1S/C21H30O2.C2H6/c1-8-10-13-18(9-2)22-20(4,5)16-21(6,7)23-19-14-11-12-17(3)15-19;1-2/h8-15H,1,16H2,2-7H3;1-2H3/b13-10-,18-9+;. The van der Waals surface area contributed by atoms with Gasteiger partial charge in [-0.15, -0.1) is 0 Å². The first-order chi connectivity index (χ1) is 11.7. The Morgan fingerprint density at radius 3 is 2.28 bits per heavy atom. The lowest BCUT2D eigenvalue weighted by Gasteiger charge is -2.36. The fourth-order valence-electron chi connectivity index (χ4n) is 2.77. The molecule has 0 radical (unpaired) electrons. The van der Waals surface area contributed by atoms with Crippen LogP contribution in [0.2, 0.25) is 0 Å². The van der Waals surface area contributed by atoms with E-state index in [1.807, 2.05) is 51.1 Å². The largest absolute Gasteiger partial charge is 0.488 e. The van der Waals surface area contributed by atoms with Crippen molar-refractivity contribution < 1.29 is 9.47 Å². The van der Waals surface area contributed by atoms with Crippen LogP contribution >= 0.6 is 0 Å². The zero-order valence-electron chi connectivity index (χ0n) is 17.3. The zero-order chi connectivity index (χ0) is 19.5. The van der Waals surface area contributed by atoms with Gasteiger partial charge in [-0.3, -0.25) is 0 Å². The maximum Gasteiger partial charge on any atom is 0.120 e. The summed E-state index contributed by atoms with van der Waals surface area (Å²) in [7, 11) is 0. The van der Waals surface area contributed by atoms with Crippen LogP contribution in [-0.4, -0.2) is 11.2 Å². The lowest BCUT2D eigenvalue weighted by Crippen LogP contribution is -2.39. The molecule has 2 nitrogen and oxygen atoms in total. The highest BCUT2D eigenvalue weighted by molar-refractivity contribution is 5.28. The van der Waals surface area contributed by atoms with E-state index < -0.39 is 0 Å². The molecule has 0 aliphatic carbocycles. The zero-order valence-corrected chi connectivity index (χ0v) is 17.3. The summed E-state index contributed by atoms with van der Waals surface area (Å²) < 4.78 is 12.3. The van der Waals surface area contributed by atoms with Crippen LogP contribution in [0.5, 0.6) is 5.75 Å². The minimum atomic E-state index is -0.347. The molecule has 0 heterocycles. The van der Waals surface area contributed by atoms with Gasteiger partial charge in [0.1, 0.15) is 22.7 Å². The van der Waals surface area contributed by atoms with Gasteiger partial charge >= 0.3 is 0 Å². The predicted octanol–water partition coefficient (Wildman–Crippen LogP) is 7.01. The quantitative estimate of drug-likeness (QED) is 0.373. The van der Waals surface area contributed by atoms with Gasteiger partial charge in [0.05, 0.1) is 0 Å². The third-order valence-electron chi connectivity index (χ3n) is 3.31. The van der Waals surface area contributed by atoms with Gasteiger partial charge in [-0.25, -0.2) is 0 Å². The Bertz CT molecular complexity index is 578. The smallest absolute Gasteiger partial charge is 0.120 e. The van der Waals surface area contributed by atoms with Crippen LogP contribution in [0.1, 0.15) is 60.5 Å². The van der Waals surface area contributed by atoms with Gasteiger partial charge in [-0.05, 0) is 71.4 Å². The van der Waals surface area contributed by atoms with Crippen molar-refractivity contribution in [2.45, 2.75) is 73.0 Å². The summed E-state index contributed by atoms with van der Waals surface area (Å²) in [5, 5.41) is 0. The first-order valence-corrected chi connectivity index (χ1v) is 9.07. The second-order valence-electron chi connectivity index (χ2n) is 7.00. The lowest BCUT2D eigenvalue weighted by molar-refractivity contribution is -0.0288. The highest BCUT2D eigenvalue weighted by Crippen LogP contribution is 2.30. The van der Waals surface area contributed by atoms with Gasteiger partial charge < -0.3 is 9.47 Å². The Hall–Kier alpha value is -1.96. The van der Waals surface area contributed by atoms with Crippen LogP contribution in [-0.2, 0) is 4.74 Å². The van der Waals surface area contributed by atoms with E-state index in [0.29, 0.717) is 0 Å². The van der Waals surface area contributed by atoms with Gasteiger partial charge in [0.15, 0.2) is 0 Å². The maximum absolute atomic E-state index is 6.18. The van der Waals surface area contributed by atoms with Gasteiger partial charge in [-0.1, -0.05) is 44.7 Å². The molecule has 0 aliphatic rings. The molecule has 1 aromatic rings. The molecule has 0 unspecified atom stereocenters. The molecule has 2 heteroatoms. The summed E-state index contributed by atoms with van der Waals surface area (Å²) in [6.45, 7) is 20.1. The minimum Gasteiger partial charge on any atom is -0.488 e. The van der Waals surface area contributed by atoms with E-state index in [1.54, 1.807) is 6.08 Å². The first-order valence-electron chi connectivity index (χ1n) is 9.07. The average Bonchev–Trinajstić information content (AvgIpc) is 2.51. The first kappa shape index (κ1) is 23.0. The van der Waals surface area contributed by atoms with E-state index >= 15 is 0 Å². The van der Waals surface area contributed by atoms with Crippen molar-refractivity contribution in [3.63, 3.8) is 0 Å². The van der Waals surface area contributed by atoms with Crippen LogP contribution in [0.15, 0.2) is 60.9 Å². The van der Waals surface area contributed by atoms with Crippen LogP contribution in [0.3, 0.4) is 0 Å². The maximum atomic E-state index is 6.18. The van der Waals surface area contributed by atoms with E-state index in [9.17, 15) is 0 Å². The number of hydrogen-bond donors (Lipinski definition) is 0. The summed E-state index contributed by atoms with van der Waals surface area (Å²) in [5.74, 6) is 1.73. The molecule has 0 aliphatic heterocycles. The van der Waals surface area contributed by atoms with Crippen molar-refractivity contribution >= 4 is 0 Å². The Balaban J connectivity index is 0.00000277. The number of hydrogen-bond acceptors (Lipinski definition) is 2. The van der Waals surface area contributed by atoms with Crippen LogP contribution in [0, 0.1) is 6.92 Å². The molecule has 140 valence electrons. The van der Waals surface area contributed by atoms with E-state index in [-0.39, 0.29) is 11.2 Å². The summed E-state index contributed by atoms with van der Waals surface area (Å²) in [4.78, 5) is 0. The highest BCUT2D eigenvalue weighted by Gasteiger charge is 2.32. The Morgan fingerprint density at radius 2 is 1.76 bits per heavy atom. The highest BCUT2D eigenvalue weighted by atomic mass is 16.5. The van der Waals surface area contributed by atoms with Crippen molar-refractivity contribution in [2.24, 2.45) is 0 Å². The molecule has 0 saturated carbocycles. The fourth-order valence-corrected chi connectivity index (χ4v) is 2.77. The summed E-state index contributed by atoms with van der Waals surface area (Å²) >= 11 is 0. The van der Waals surface area contributed by atoms with Gasteiger partial charge in [0.25, 0.3) is 0 Å². The van der Waals surface area contributed by atoms with Crippen LogP contribution in [0.4, 0.5) is 0 Å². The molecular formula is C23H36O2. The Morgan fingerprint density at radius 1 is 1.12 bits per heavy atom. The predicted molar refractivity (Wildman–Crippen MR) is 110 cm³/mol. The normalized spacial score (nSPS) is 12.4. The van der Waals surface area contributed by atoms with Gasteiger partial charge in [0.2, 0.25) is 0 Å². The molecule has 0 fully saturated rings. The van der Waals surface area contributed by atoms with E-state index in [4.69, 9.17) is 9.47 Å². The van der Waals surface area contributed by atoms with Crippen LogP contribution in [0.25, 0.3) is 0 Å². The van der Waals surface area contributed by atoms with E-state index in [0.717, 1.165) is 17.9 Å². The van der Waals surface area contributed by atoms with Crippen molar-refractivity contribution in [1.82, 2.24) is 0 Å². The van der Waals surface area contributed by atoms with Crippen molar-refractivity contribution in [1.29, 1.82) is 0 Å². The topological polar surface area (TPSA) is 18.5 Å². The average molecular weight is 345 g/mol. The second-order valence-corrected chi connectivity index (χ2v) is 7.00. The Kier molecular flexibility index (Phi) is 9.96. The number of aryl methyl sites for hydroxylation is 1. The molecule has 0 N–H and O–H groups in total. The SMILES string of the molecule is C=C/C=C\C(=C/C)OC(C)(C)CC(C)(C)Oc1cccc(C)c1.CC. The monoisotopic (exact) mass is 344 g/mol. The molecule has 0 amide bonds. The van der Waals surface area contributed by atoms with Crippen LogP contribution < -0.4 is 4.74 Å². The lowest BCUT2D eigenvalue weighted by atomic mass is 9.92. The molecule has 25 heavy (non-hydrogen) atoms. The third kappa shape index (κ3) is 9.81. The van der Waals surface area contributed by atoms with Crippen molar-refractivity contribution in [3.05, 3.63) is 66.5 Å². The molecule has 0 saturated heterocycles. The summed E-state index contributed by atoms with van der Waals surface area (Å²) in [5.41, 5.74) is 0.512. The second kappa shape index (κ2) is 10.8. The van der Waals surface area contributed by atoms with Crippen molar-refractivity contribution in [2.75, 3.05) is 0 Å². The van der Waals surface area contributed by atoms with Gasteiger partial charge in [-0.2, -0.15) is 0 Å². The van der Waals surface area contributed by atoms with E-state index in [2.05, 4.69) is 53.3 Å².